The van der Waals surface area contributed by atoms with Gasteiger partial charge >= 0.3 is 5.97 Å². The molecule has 2 aromatic rings. The zero-order chi connectivity index (χ0) is 21.6. The molecule has 0 saturated carbocycles. The summed E-state index contributed by atoms with van der Waals surface area (Å²) in [5.41, 5.74) is 1.21. The average molecular weight is 451 g/mol. The third-order valence-corrected chi connectivity index (χ3v) is 7.83. The maximum absolute atomic E-state index is 12.8. The highest BCUT2D eigenvalue weighted by molar-refractivity contribution is 7.89. The number of aryl methyl sites for hydroxylation is 1. The van der Waals surface area contributed by atoms with E-state index < -0.39 is 16.0 Å². The number of ether oxygens (including phenoxy) is 1. The smallest absolute Gasteiger partial charge is 0.340 e. The van der Waals surface area contributed by atoms with Crippen molar-refractivity contribution in [2.75, 3.05) is 25.5 Å². The van der Waals surface area contributed by atoms with Gasteiger partial charge < -0.3 is 10.1 Å². The summed E-state index contributed by atoms with van der Waals surface area (Å²) in [7, 11) is -2.18. The molecular formula is C21H26N2O5S2. The third kappa shape index (κ3) is 5.47. The van der Waals surface area contributed by atoms with E-state index in [9.17, 15) is 18.0 Å². The van der Waals surface area contributed by atoms with Crippen LogP contribution in [0, 0.1) is 0 Å². The van der Waals surface area contributed by atoms with Crippen LogP contribution in [0.1, 0.15) is 48.0 Å². The van der Waals surface area contributed by atoms with Gasteiger partial charge in [0.15, 0.2) is 0 Å². The molecule has 1 amide bonds. The van der Waals surface area contributed by atoms with Gasteiger partial charge in [0.05, 0.1) is 17.6 Å². The third-order valence-electron chi connectivity index (χ3n) is 5.09. The predicted octanol–water partition coefficient (Wildman–Crippen LogP) is 3.67. The molecule has 0 unspecified atom stereocenters. The molecule has 1 aliphatic heterocycles. The number of nitrogens with zero attached hydrogens (tertiary/aromatic N) is 1. The highest BCUT2D eigenvalue weighted by atomic mass is 32.2. The Kier molecular flexibility index (Phi) is 7.63. The van der Waals surface area contributed by atoms with Gasteiger partial charge in [0.2, 0.25) is 15.9 Å². The number of thiophene rings is 1. The molecule has 3 rings (SSSR count). The Morgan fingerprint density at radius 1 is 1.07 bits per heavy atom. The lowest BCUT2D eigenvalue weighted by Gasteiger charge is -2.20. The van der Waals surface area contributed by atoms with Gasteiger partial charge in [-0.25, -0.2) is 13.2 Å². The van der Waals surface area contributed by atoms with Gasteiger partial charge in [0.25, 0.3) is 0 Å². The standard InChI is InChI=1S/C21H26N2O5S2/c1-28-21(25)18-12-15-29-20(18)22-19(24)11-8-16-6-9-17(10-7-16)30(26,27)23-13-4-2-3-5-14-23/h6-7,9-10,12,15H,2-5,8,11,13-14H2,1H3,(H,22,24). The van der Waals surface area contributed by atoms with Gasteiger partial charge in [0.1, 0.15) is 5.00 Å². The normalized spacial score (nSPS) is 15.4. The van der Waals surface area contributed by atoms with Crippen LogP contribution >= 0.6 is 11.3 Å². The van der Waals surface area contributed by atoms with Crippen molar-refractivity contribution in [1.29, 1.82) is 0 Å². The highest BCUT2D eigenvalue weighted by Gasteiger charge is 2.25. The zero-order valence-electron chi connectivity index (χ0n) is 16.9. The number of nitrogens with one attached hydrogen (secondary N) is 1. The summed E-state index contributed by atoms with van der Waals surface area (Å²) in [5, 5.41) is 4.91. The van der Waals surface area contributed by atoms with Crippen molar-refractivity contribution in [3.8, 4) is 0 Å². The van der Waals surface area contributed by atoms with Crippen molar-refractivity contribution in [1.82, 2.24) is 4.31 Å². The molecular weight excluding hydrogens is 424 g/mol. The Bertz CT molecular complexity index is 975. The molecule has 0 bridgehead atoms. The van der Waals surface area contributed by atoms with Crippen LogP contribution in [0.2, 0.25) is 0 Å². The summed E-state index contributed by atoms with van der Waals surface area (Å²) >= 11 is 1.26. The van der Waals surface area contributed by atoms with Gasteiger partial charge in [-0.15, -0.1) is 11.3 Å². The quantitative estimate of drug-likeness (QED) is 0.650. The molecule has 0 spiro atoms. The van der Waals surface area contributed by atoms with Crippen molar-refractivity contribution >= 4 is 38.2 Å². The maximum Gasteiger partial charge on any atom is 0.340 e. The Hall–Kier alpha value is -2.23. The van der Waals surface area contributed by atoms with Crippen LogP contribution < -0.4 is 5.32 Å². The van der Waals surface area contributed by atoms with E-state index in [1.807, 2.05) is 0 Å². The number of hydrogen-bond acceptors (Lipinski definition) is 6. The van der Waals surface area contributed by atoms with Gasteiger partial charge in [-0.2, -0.15) is 4.31 Å². The SMILES string of the molecule is COC(=O)c1ccsc1NC(=O)CCc1ccc(S(=O)(=O)N2CCCCCC2)cc1. The van der Waals surface area contributed by atoms with E-state index in [-0.39, 0.29) is 12.3 Å². The fourth-order valence-corrected chi connectivity index (χ4v) is 5.69. The minimum absolute atomic E-state index is 0.219. The molecule has 1 aromatic carbocycles. The van der Waals surface area contributed by atoms with Crippen LogP contribution in [-0.2, 0) is 26.0 Å². The molecule has 0 aliphatic carbocycles. The lowest BCUT2D eigenvalue weighted by atomic mass is 10.1. The number of anilines is 1. The number of methoxy groups -OCH3 is 1. The van der Waals surface area contributed by atoms with Crippen molar-refractivity contribution in [3.63, 3.8) is 0 Å². The molecule has 9 heteroatoms. The van der Waals surface area contributed by atoms with Crippen LogP contribution in [-0.4, -0.2) is 44.8 Å². The first-order valence-electron chi connectivity index (χ1n) is 9.96. The fourth-order valence-electron chi connectivity index (χ4n) is 3.38. The Labute approximate surface area is 181 Å². The lowest BCUT2D eigenvalue weighted by molar-refractivity contribution is -0.116. The van der Waals surface area contributed by atoms with Crippen molar-refractivity contribution in [3.05, 3.63) is 46.8 Å². The molecule has 1 fully saturated rings. The number of sulfonamides is 1. The molecule has 7 nitrogen and oxygen atoms in total. The first-order chi connectivity index (χ1) is 14.4. The van der Waals surface area contributed by atoms with Gasteiger partial charge in [-0.3, -0.25) is 4.79 Å². The molecule has 1 aliphatic rings. The Balaban J connectivity index is 1.57. The summed E-state index contributed by atoms with van der Waals surface area (Å²) < 4.78 is 31.9. The van der Waals surface area contributed by atoms with E-state index in [2.05, 4.69) is 5.32 Å². The number of rotatable bonds is 7. The molecule has 0 atom stereocenters. The second-order valence-electron chi connectivity index (χ2n) is 7.17. The minimum atomic E-state index is -3.47. The van der Waals surface area contributed by atoms with Crippen molar-refractivity contribution in [2.24, 2.45) is 0 Å². The van der Waals surface area contributed by atoms with Crippen molar-refractivity contribution < 1.29 is 22.7 Å². The summed E-state index contributed by atoms with van der Waals surface area (Å²) in [6.07, 6.45) is 4.62. The first kappa shape index (κ1) is 22.5. The van der Waals surface area contributed by atoms with E-state index in [4.69, 9.17) is 4.74 Å². The van der Waals surface area contributed by atoms with Crippen molar-refractivity contribution in [2.45, 2.75) is 43.4 Å². The second-order valence-corrected chi connectivity index (χ2v) is 10.0. The fraction of sp³-hybridized carbons (Fsp3) is 0.429. The maximum atomic E-state index is 12.8. The van der Waals surface area contributed by atoms with E-state index in [0.717, 1.165) is 31.2 Å². The summed E-state index contributed by atoms with van der Waals surface area (Å²) in [6.45, 7) is 1.14. The number of esters is 1. The zero-order valence-corrected chi connectivity index (χ0v) is 18.6. The number of benzene rings is 1. The lowest BCUT2D eigenvalue weighted by Crippen LogP contribution is -2.31. The van der Waals surface area contributed by atoms with Gasteiger partial charge in [0, 0.05) is 19.5 Å². The van der Waals surface area contributed by atoms with Gasteiger partial charge in [-0.05, 0) is 48.4 Å². The Morgan fingerprint density at radius 3 is 2.37 bits per heavy atom. The first-order valence-corrected chi connectivity index (χ1v) is 12.3. The van der Waals surface area contributed by atoms with Crippen LogP contribution in [0.3, 0.4) is 0 Å². The van der Waals surface area contributed by atoms with E-state index >= 15 is 0 Å². The second kappa shape index (κ2) is 10.2. The number of amides is 1. The molecule has 162 valence electrons. The summed E-state index contributed by atoms with van der Waals surface area (Å²) in [6, 6.07) is 8.34. The van der Waals surface area contributed by atoms with E-state index in [1.54, 1.807) is 40.0 Å². The van der Waals surface area contributed by atoms with E-state index in [1.165, 1.54) is 18.4 Å². The summed E-state index contributed by atoms with van der Waals surface area (Å²) in [4.78, 5) is 24.2. The molecule has 0 radical (unpaired) electrons. The monoisotopic (exact) mass is 450 g/mol. The number of carbonyl (C=O) groups excluding carboxylic acids is 2. The predicted molar refractivity (Wildman–Crippen MR) is 116 cm³/mol. The van der Waals surface area contributed by atoms with Gasteiger partial charge in [-0.1, -0.05) is 25.0 Å². The highest BCUT2D eigenvalue weighted by Crippen LogP contribution is 2.24. The minimum Gasteiger partial charge on any atom is -0.465 e. The van der Waals surface area contributed by atoms with Crippen LogP contribution in [0.25, 0.3) is 0 Å². The summed E-state index contributed by atoms with van der Waals surface area (Å²) in [5.74, 6) is -0.711. The molecule has 2 heterocycles. The Morgan fingerprint density at radius 2 is 1.73 bits per heavy atom. The average Bonchev–Trinajstić information content (AvgIpc) is 3.02. The number of hydrogen-bond donors (Lipinski definition) is 1. The van der Waals surface area contributed by atoms with Crippen LogP contribution in [0.4, 0.5) is 5.00 Å². The van der Waals surface area contributed by atoms with Crippen LogP contribution in [0.5, 0.6) is 0 Å². The molecule has 30 heavy (non-hydrogen) atoms. The topological polar surface area (TPSA) is 92.8 Å². The molecule has 1 N–H and O–H groups in total. The largest absolute Gasteiger partial charge is 0.465 e. The molecule has 1 saturated heterocycles. The number of carbonyl (C=O) groups is 2. The van der Waals surface area contributed by atoms with E-state index in [0.29, 0.717) is 35.0 Å². The molecule has 1 aromatic heterocycles. The van der Waals surface area contributed by atoms with Crippen LogP contribution in [0.15, 0.2) is 40.6 Å².